The Kier molecular flexibility index (Phi) is 10.7. The minimum absolute atomic E-state index is 0.188. The quantitative estimate of drug-likeness (QED) is 0.244. The van der Waals surface area contributed by atoms with E-state index in [4.69, 9.17) is 10.8 Å². The Bertz CT molecular complexity index is 255. The van der Waals surface area contributed by atoms with Gasteiger partial charge in [0.2, 0.25) is 5.12 Å². The second-order valence-corrected chi connectivity index (χ2v) is 5.99. The molecule has 0 unspecified atom stereocenters. The average Bonchev–Trinajstić information content (AvgIpc) is 2.27. The highest BCUT2D eigenvalue weighted by atomic mass is 33.1. The first kappa shape index (κ1) is 17.5. The summed E-state index contributed by atoms with van der Waals surface area (Å²) in [6.07, 6.45) is 0.900. The van der Waals surface area contributed by atoms with Crippen molar-refractivity contribution in [2.45, 2.75) is 24.9 Å². The molecule has 5 nitrogen and oxygen atoms in total. The van der Waals surface area contributed by atoms with Crippen molar-refractivity contribution in [3.63, 3.8) is 0 Å². The lowest BCUT2D eigenvalue weighted by Crippen LogP contribution is -2.33. The largest absolute Gasteiger partial charge is 0.480 e. The Hall–Kier alpha value is 0.460. The molecule has 0 aromatic rings. The molecule has 0 spiro atoms. The molecule has 0 fully saturated rings. The highest BCUT2D eigenvalue weighted by molar-refractivity contribution is 8.81. The maximum absolute atomic E-state index is 11.4. The maximum atomic E-state index is 11.4. The zero-order chi connectivity index (χ0) is 13.3. The molecule has 4 N–H and O–H groups in total. The van der Waals surface area contributed by atoms with Crippen molar-refractivity contribution < 1.29 is 14.7 Å². The van der Waals surface area contributed by atoms with Crippen LogP contribution < -0.4 is 10.5 Å². The second kappa shape index (κ2) is 10.4. The number of aliphatic carboxylic acids is 1. The highest BCUT2D eigenvalue weighted by Crippen LogP contribution is 2.21. The first-order valence-corrected chi connectivity index (χ1v) is 8.27. The van der Waals surface area contributed by atoms with Gasteiger partial charge >= 0.3 is 5.97 Å². The number of hydrogen-bond acceptors (Lipinski definition) is 8. The minimum atomic E-state index is -0.959. The van der Waals surface area contributed by atoms with E-state index in [0.717, 1.165) is 21.8 Å². The topological polar surface area (TPSA) is 92.4 Å². The number of thiol groups is 2. The summed E-state index contributed by atoms with van der Waals surface area (Å²) in [5.41, 5.74) is 5.57. The van der Waals surface area contributed by atoms with Crippen molar-refractivity contribution in [2.75, 3.05) is 11.5 Å². The van der Waals surface area contributed by atoms with E-state index in [1.165, 1.54) is 0 Å². The molecule has 0 aromatic carbocycles. The lowest BCUT2D eigenvalue weighted by Gasteiger charge is -2.12. The number of nitrogens with two attached hydrogens (primary N) is 1. The average molecular weight is 316 g/mol. The predicted molar refractivity (Wildman–Crippen MR) is 79.7 cm³/mol. The summed E-state index contributed by atoms with van der Waals surface area (Å²) in [6.45, 7) is 0. The first-order chi connectivity index (χ1) is 8.02. The van der Waals surface area contributed by atoms with Crippen molar-refractivity contribution >= 4 is 58.1 Å². The molecule has 0 saturated carbocycles. The zero-order valence-corrected chi connectivity index (χ0v) is 12.5. The van der Waals surface area contributed by atoms with Gasteiger partial charge in [0.05, 0.1) is 6.04 Å². The van der Waals surface area contributed by atoms with Crippen LogP contribution in [0.5, 0.6) is 0 Å². The fraction of sp³-hybridized carbons (Fsp3) is 0.750. The molecule has 0 aliphatic rings. The summed E-state index contributed by atoms with van der Waals surface area (Å²) in [7, 11) is 1.90. The molecule has 0 aliphatic heterocycles. The summed E-state index contributed by atoms with van der Waals surface area (Å²) in [6, 6.07) is -1.26. The molecule has 0 heterocycles. The van der Waals surface area contributed by atoms with E-state index in [9.17, 15) is 9.59 Å². The highest BCUT2D eigenvalue weighted by Gasteiger charge is 2.18. The normalized spacial score (nSPS) is 14.3. The van der Waals surface area contributed by atoms with Gasteiger partial charge in [-0.25, -0.2) is 4.72 Å². The van der Waals surface area contributed by atoms with E-state index < -0.39 is 18.1 Å². The summed E-state index contributed by atoms with van der Waals surface area (Å²) in [5.74, 6) is 0.0462. The Morgan fingerprint density at radius 1 is 1.29 bits per heavy atom. The van der Waals surface area contributed by atoms with Crippen molar-refractivity contribution in [3.8, 4) is 0 Å². The number of carbonyl (C=O) groups is 2. The lowest BCUT2D eigenvalue weighted by atomic mass is 10.2. The van der Waals surface area contributed by atoms with Crippen molar-refractivity contribution in [1.82, 2.24) is 4.72 Å². The van der Waals surface area contributed by atoms with Gasteiger partial charge in [-0.15, -0.1) is 0 Å². The molecule has 0 aliphatic carbocycles. The minimum Gasteiger partial charge on any atom is -0.480 e. The Balaban J connectivity index is 3.87. The number of carbonyl (C=O) groups excluding carboxylic acids is 1. The number of rotatable bonds is 9. The molecule has 0 aromatic heterocycles. The Morgan fingerprint density at radius 2 is 1.88 bits per heavy atom. The SMILES string of the molecule is N[C@@H](CCS)C(=O)SSN[C@@H](CCS)C(=O)O. The number of hydrogen-bond donors (Lipinski definition) is 5. The number of carboxylic acid groups (broad SMARTS) is 1. The molecule has 2 atom stereocenters. The standard InChI is InChI=1S/C8H16N2O3S4/c9-5(1-3-14)8(13)16-17-10-6(2-4-15)7(11)12/h5-6,10,14-15H,1-4,9H2,(H,11,12)/t5-,6-/m0/s1. The molecule has 0 amide bonds. The van der Waals surface area contributed by atoms with Gasteiger partial charge < -0.3 is 10.8 Å². The molecular formula is C8H16N2O3S4. The van der Waals surface area contributed by atoms with Crippen LogP contribution >= 0.6 is 47.0 Å². The Morgan fingerprint density at radius 3 is 2.35 bits per heavy atom. The van der Waals surface area contributed by atoms with E-state index in [-0.39, 0.29) is 5.12 Å². The van der Waals surface area contributed by atoms with Gasteiger partial charge in [0.25, 0.3) is 0 Å². The van der Waals surface area contributed by atoms with Crippen LogP contribution in [0.1, 0.15) is 12.8 Å². The van der Waals surface area contributed by atoms with Gasteiger partial charge in [0.1, 0.15) is 6.04 Å². The summed E-state index contributed by atoms with van der Waals surface area (Å²) in [5, 5.41) is 8.64. The molecule has 17 heavy (non-hydrogen) atoms. The van der Waals surface area contributed by atoms with Crippen LogP contribution in [0.2, 0.25) is 0 Å². The molecule has 0 saturated heterocycles. The third kappa shape index (κ3) is 8.22. The fourth-order valence-corrected chi connectivity index (χ4v) is 3.16. The number of nitrogens with one attached hydrogen (secondary N) is 1. The smallest absolute Gasteiger partial charge is 0.321 e. The summed E-state index contributed by atoms with van der Waals surface area (Å²) in [4.78, 5) is 22.2. The van der Waals surface area contributed by atoms with Crippen LogP contribution in [0.4, 0.5) is 0 Å². The van der Waals surface area contributed by atoms with Gasteiger partial charge in [0, 0.05) is 0 Å². The summed E-state index contributed by atoms with van der Waals surface area (Å²) < 4.78 is 2.68. The van der Waals surface area contributed by atoms with Gasteiger partial charge in [-0.1, -0.05) is 0 Å². The summed E-state index contributed by atoms with van der Waals surface area (Å²) >= 11 is 7.95. The zero-order valence-electron chi connectivity index (χ0n) is 9.04. The van der Waals surface area contributed by atoms with Crippen LogP contribution in [-0.2, 0) is 9.59 Å². The van der Waals surface area contributed by atoms with Crippen LogP contribution in [-0.4, -0.2) is 39.8 Å². The van der Waals surface area contributed by atoms with Crippen LogP contribution in [0, 0.1) is 0 Å². The van der Waals surface area contributed by atoms with Crippen LogP contribution in [0.25, 0.3) is 0 Å². The van der Waals surface area contributed by atoms with E-state index in [1.807, 2.05) is 0 Å². The van der Waals surface area contributed by atoms with Crippen LogP contribution in [0.3, 0.4) is 0 Å². The van der Waals surface area contributed by atoms with Crippen LogP contribution in [0.15, 0.2) is 0 Å². The molecule has 9 heteroatoms. The number of carboxylic acids is 1. The first-order valence-electron chi connectivity index (χ1n) is 4.86. The molecule has 0 bridgehead atoms. The fourth-order valence-electron chi connectivity index (χ4n) is 0.804. The van der Waals surface area contributed by atoms with Crippen molar-refractivity contribution in [2.24, 2.45) is 5.73 Å². The molecule has 0 radical (unpaired) electrons. The van der Waals surface area contributed by atoms with E-state index >= 15 is 0 Å². The van der Waals surface area contributed by atoms with E-state index in [0.29, 0.717) is 24.3 Å². The Labute approximate surface area is 119 Å². The monoisotopic (exact) mass is 316 g/mol. The van der Waals surface area contributed by atoms with Gasteiger partial charge in [-0.05, 0) is 46.1 Å². The lowest BCUT2D eigenvalue weighted by molar-refractivity contribution is -0.138. The third-order valence-electron chi connectivity index (χ3n) is 1.77. The van der Waals surface area contributed by atoms with Crippen molar-refractivity contribution in [3.05, 3.63) is 0 Å². The van der Waals surface area contributed by atoms with E-state index in [1.54, 1.807) is 0 Å². The maximum Gasteiger partial charge on any atom is 0.321 e. The van der Waals surface area contributed by atoms with Crippen molar-refractivity contribution in [1.29, 1.82) is 0 Å². The van der Waals surface area contributed by atoms with Gasteiger partial charge in [-0.2, -0.15) is 25.3 Å². The second-order valence-electron chi connectivity index (χ2n) is 3.13. The molecular weight excluding hydrogens is 300 g/mol. The van der Waals surface area contributed by atoms with E-state index in [2.05, 4.69) is 30.0 Å². The third-order valence-corrected chi connectivity index (χ3v) is 4.25. The molecule has 100 valence electrons. The van der Waals surface area contributed by atoms with Gasteiger partial charge in [0.15, 0.2) is 0 Å². The predicted octanol–water partition coefficient (Wildman–Crippen LogP) is 0.819. The van der Waals surface area contributed by atoms with Gasteiger partial charge in [-0.3, -0.25) is 9.59 Å². The molecule has 0 rings (SSSR count).